The molecule has 9 heteroatoms. The number of nitro groups is 2. The van der Waals surface area contributed by atoms with E-state index in [1.807, 2.05) is 0 Å². The Morgan fingerprint density at radius 2 is 1.73 bits per heavy atom. The Labute approximate surface area is 92.7 Å². The van der Waals surface area contributed by atoms with E-state index in [4.69, 9.17) is 28.9 Å². The van der Waals surface area contributed by atoms with Crippen molar-refractivity contribution in [3.8, 4) is 0 Å². The zero-order valence-electron chi connectivity index (χ0n) is 6.94. The van der Waals surface area contributed by atoms with Crippen molar-refractivity contribution in [2.45, 2.75) is 0 Å². The van der Waals surface area contributed by atoms with Gasteiger partial charge in [-0.05, 0) is 0 Å². The molecule has 0 amide bonds. The minimum absolute atomic E-state index is 0.280. The van der Waals surface area contributed by atoms with Crippen LogP contribution in [0.4, 0.5) is 17.1 Å². The van der Waals surface area contributed by atoms with Crippen molar-refractivity contribution in [1.29, 1.82) is 0 Å². The smallest absolute Gasteiger partial charge is 0.319 e. The van der Waals surface area contributed by atoms with Crippen LogP contribution in [0.2, 0.25) is 10.0 Å². The van der Waals surface area contributed by atoms with Crippen LogP contribution in [0.1, 0.15) is 0 Å². The van der Waals surface area contributed by atoms with E-state index in [0.29, 0.717) is 0 Å². The van der Waals surface area contributed by atoms with E-state index in [0.717, 1.165) is 6.07 Å². The van der Waals surface area contributed by atoms with Crippen LogP contribution >= 0.6 is 23.2 Å². The maximum Gasteiger partial charge on any atom is 0.319 e. The Hall–Kier alpha value is -1.60. The topological polar surface area (TPSA) is 112 Å². The molecule has 0 atom stereocenters. The number of rotatable bonds is 2. The van der Waals surface area contributed by atoms with E-state index in [9.17, 15) is 20.2 Å². The molecule has 0 aliphatic carbocycles. The number of nitrogens with two attached hydrogens (primary N) is 1. The van der Waals surface area contributed by atoms with Crippen LogP contribution in [0.15, 0.2) is 6.07 Å². The highest BCUT2D eigenvalue weighted by atomic mass is 35.5. The van der Waals surface area contributed by atoms with Crippen molar-refractivity contribution in [3.05, 3.63) is 36.3 Å². The van der Waals surface area contributed by atoms with Gasteiger partial charge in [-0.1, -0.05) is 23.2 Å². The predicted octanol–water partition coefficient (Wildman–Crippen LogP) is 2.39. The summed E-state index contributed by atoms with van der Waals surface area (Å²) in [5.74, 6) is 0. The highest BCUT2D eigenvalue weighted by Gasteiger charge is 2.29. The van der Waals surface area contributed by atoms with Crippen molar-refractivity contribution in [1.82, 2.24) is 0 Å². The standard InChI is InChI=1S/C6H3Cl2N3O4/c7-2-1-3(10(12)13)4(8)6(5(2)9)11(14)15/h1H,9H2. The molecule has 0 aliphatic rings. The summed E-state index contributed by atoms with van der Waals surface area (Å²) < 4.78 is 0. The molecule has 80 valence electrons. The third-order valence-corrected chi connectivity index (χ3v) is 2.27. The van der Waals surface area contributed by atoms with Gasteiger partial charge in [0.25, 0.3) is 5.69 Å². The van der Waals surface area contributed by atoms with Crippen LogP contribution in [0.3, 0.4) is 0 Å². The zero-order valence-corrected chi connectivity index (χ0v) is 8.45. The Morgan fingerprint density at radius 3 is 2.13 bits per heavy atom. The normalized spacial score (nSPS) is 10.0. The molecular weight excluding hydrogens is 249 g/mol. The Bertz CT molecular complexity index is 462. The summed E-state index contributed by atoms with van der Waals surface area (Å²) >= 11 is 10.9. The number of nitro benzene ring substituents is 2. The summed E-state index contributed by atoms with van der Waals surface area (Å²) in [6, 6.07) is 0.867. The average Bonchev–Trinajstić information content (AvgIpc) is 2.10. The molecule has 1 rings (SSSR count). The molecule has 0 heterocycles. The number of hydrogen-bond donors (Lipinski definition) is 1. The Kier molecular flexibility index (Phi) is 2.96. The van der Waals surface area contributed by atoms with Gasteiger partial charge in [0, 0.05) is 6.07 Å². The van der Waals surface area contributed by atoms with Crippen molar-refractivity contribution < 1.29 is 9.85 Å². The van der Waals surface area contributed by atoms with Crippen molar-refractivity contribution in [3.63, 3.8) is 0 Å². The van der Waals surface area contributed by atoms with Crippen molar-refractivity contribution in [2.24, 2.45) is 0 Å². The molecule has 0 radical (unpaired) electrons. The van der Waals surface area contributed by atoms with Crippen LogP contribution < -0.4 is 5.73 Å². The van der Waals surface area contributed by atoms with Gasteiger partial charge >= 0.3 is 5.69 Å². The molecule has 2 N–H and O–H groups in total. The zero-order chi connectivity index (χ0) is 11.7. The van der Waals surface area contributed by atoms with Gasteiger partial charge in [0.15, 0.2) is 5.02 Å². The van der Waals surface area contributed by atoms with Crippen LogP contribution in [-0.2, 0) is 0 Å². The highest BCUT2D eigenvalue weighted by Crippen LogP contribution is 2.42. The monoisotopic (exact) mass is 251 g/mol. The van der Waals surface area contributed by atoms with Crippen molar-refractivity contribution in [2.75, 3.05) is 5.73 Å². The van der Waals surface area contributed by atoms with Gasteiger partial charge < -0.3 is 5.73 Å². The second-order valence-corrected chi connectivity index (χ2v) is 3.25. The predicted molar refractivity (Wildman–Crippen MR) is 54.2 cm³/mol. The van der Waals surface area contributed by atoms with Gasteiger partial charge in [-0.25, -0.2) is 0 Å². The molecule has 0 saturated carbocycles. The van der Waals surface area contributed by atoms with Crippen LogP contribution in [0, 0.1) is 20.2 Å². The molecular formula is C6H3Cl2N3O4. The molecule has 0 bridgehead atoms. The summed E-state index contributed by atoms with van der Waals surface area (Å²) in [6.07, 6.45) is 0. The molecule has 0 aromatic heterocycles. The van der Waals surface area contributed by atoms with E-state index in [-0.39, 0.29) is 5.02 Å². The Balaban J connectivity index is 3.63. The molecule has 0 spiro atoms. The number of benzene rings is 1. The first kappa shape index (κ1) is 11.5. The number of hydrogen-bond acceptors (Lipinski definition) is 5. The summed E-state index contributed by atoms with van der Waals surface area (Å²) in [5.41, 5.74) is 3.48. The molecule has 1 aromatic carbocycles. The molecule has 0 unspecified atom stereocenters. The number of nitrogens with zero attached hydrogens (tertiary/aromatic N) is 2. The van der Waals surface area contributed by atoms with E-state index < -0.39 is 31.9 Å². The van der Waals surface area contributed by atoms with Gasteiger partial charge in [-0.15, -0.1) is 0 Å². The number of anilines is 1. The van der Waals surface area contributed by atoms with Gasteiger partial charge in [0.1, 0.15) is 5.69 Å². The van der Waals surface area contributed by atoms with E-state index in [1.165, 1.54) is 0 Å². The number of nitrogen functional groups attached to an aromatic ring is 1. The third-order valence-electron chi connectivity index (χ3n) is 1.59. The van der Waals surface area contributed by atoms with E-state index in [1.54, 1.807) is 0 Å². The molecule has 0 fully saturated rings. The maximum atomic E-state index is 10.5. The molecule has 0 saturated heterocycles. The van der Waals surface area contributed by atoms with Crippen molar-refractivity contribution >= 4 is 40.3 Å². The second-order valence-electron chi connectivity index (χ2n) is 2.47. The molecule has 1 aromatic rings. The lowest BCUT2D eigenvalue weighted by atomic mass is 10.2. The van der Waals surface area contributed by atoms with Crippen LogP contribution in [-0.4, -0.2) is 9.85 Å². The van der Waals surface area contributed by atoms with Gasteiger partial charge in [0.05, 0.1) is 14.9 Å². The third kappa shape index (κ3) is 1.92. The lowest BCUT2D eigenvalue weighted by Crippen LogP contribution is -2.00. The quantitative estimate of drug-likeness (QED) is 0.493. The lowest BCUT2D eigenvalue weighted by molar-refractivity contribution is -0.393. The fourth-order valence-electron chi connectivity index (χ4n) is 0.925. The van der Waals surface area contributed by atoms with E-state index >= 15 is 0 Å². The van der Waals surface area contributed by atoms with Gasteiger partial charge in [-0.3, -0.25) is 20.2 Å². The summed E-state index contributed by atoms with van der Waals surface area (Å²) in [6.45, 7) is 0. The first-order valence-electron chi connectivity index (χ1n) is 3.42. The average molecular weight is 252 g/mol. The summed E-state index contributed by atoms with van der Waals surface area (Å²) in [5, 5.41) is 20.1. The minimum Gasteiger partial charge on any atom is -0.392 e. The van der Waals surface area contributed by atoms with Gasteiger partial charge in [-0.2, -0.15) is 0 Å². The molecule has 7 nitrogen and oxygen atoms in total. The van der Waals surface area contributed by atoms with Crippen LogP contribution in [0.5, 0.6) is 0 Å². The molecule has 15 heavy (non-hydrogen) atoms. The largest absolute Gasteiger partial charge is 0.392 e. The minimum atomic E-state index is -0.920. The molecule has 0 aliphatic heterocycles. The Morgan fingerprint density at radius 1 is 1.20 bits per heavy atom. The maximum absolute atomic E-state index is 10.5. The SMILES string of the molecule is Nc1c(Cl)cc([N+](=O)[O-])c(Cl)c1[N+](=O)[O-]. The fourth-order valence-corrected chi connectivity index (χ4v) is 1.41. The summed E-state index contributed by atoms with van der Waals surface area (Å²) in [4.78, 5) is 19.2. The summed E-state index contributed by atoms with van der Waals surface area (Å²) in [7, 11) is 0. The van der Waals surface area contributed by atoms with Crippen LogP contribution in [0.25, 0.3) is 0 Å². The lowest BCUT2D eigenvalue weighted by Gasteiger charge is -2.02. The van der Waals surface area contributed by atoms with Gasteiger partial charge in [0.2, 0.25) is 0 Å². The second kappa shape index (κ2) is 3.87. The fraction of sp³-hybridized carbons (Fsp3) is 0. The first-order valence-corrected chi connectivity index (χ1v) is 4.18. The number of halogens is 2. The first-order chi connectivity index (χ1) is 6.86. The highest BCUT2D eigenvalue weighted by molar-refractivity contribution is 6.39. The van der Waals surface area contributed by atoms with E-state index in [2.05, 4.69) is 0 Å².